The third-order valence-electron chi connectivity index (χ3n) is 3.96. The molecule has 4 heteroatoms. The largest absolute Gasteiger partial charge is 0.496 e. The molecule has 2 aromatic rings. The fourth-order valence-electron chi connectivity index (χ4n) is 2.60. The van der Waals surface area contributed by atoms with E-state index >= 15 is 0 Å². The lowest BCUT2D eigenvalue weighted by atomic mass is 10.0. The third kappa shape index (κ3) is 4.51. The summed E-state index contributed by atoms with van der Waals surface area (Å²) in [6, 6.07) is 13.6. The SMILES string of the molecule is CCC(NC(=O)COc1cc(C)ccc1C)c1ccccc1OC. The van der Waals surface area contributed by atoms with E-state index in [1.807, 2.05) is 63.2 Å². The van der Waals surface area contributed by atoms with Crippen molar-refractivity contribution < 1.29 is 14.3 Å². The van der Waals surface area contributed by atoms with Gasteiger partial charge in [-0.3, -0.25) is 4.79 Å². The molecule has 0 aliphatic heterocycles. The maximum atomic E-state index is 12.3. The highest BCUT2D eigenvalue weighted by molar-refractivity contribution is 5.78. The molecule has 0 aliphatic carbocycles. The highest BCUT2D eigenvalue weighted by Gasteiger charge is 2.17. The van der Waals surface area contributed by atoms with E-state index in [-0.39, 0.29) is 18.6 Å². The van der Waals surface area contributed by atoms with Gasteiger partial charge in [0.1, 0.15) is 11.5 Å². The molecule has 1 unspecified atom stereocenters. The zero-order valence-corrected chi connectivity index (χ0v) is 14.8. The summed E-state index contributed by atoms with van der Waals surface area (Å²) in [6.07, 6.45) is 0.773. The van der Waals surface area contributed by atoms with Gasteiger partial charge in [-0.15, -0.1) is 0 Å². The van der Waals surface area contributed by atoms with Crippen LogP contribution in [-0.2, 0) is 4.79 Å². The van der Waals surface area contributed by atoms with Crippen molar-refractivity contribution in [2.45, 2.75) is 33.2 Å². The van der Waals surface area contributed by atoms with Crippen molar-refractivity contribution in [3.8, 4) is 11.5 Å². The van der Waals surface area contributed by atoms with E-state index in [4.69, 9.17) is 9.47 Å². The number of aryl methyl sites for hydroxylation is 2. The topological polar surface area (TPSA) is 47.6 Å². The van der Waals surface area contributed by atoms with Crippen LogP contribution in [0.15, 0.2) is 42.5 Å². The Morgan fingerprint density at radius 3 is 2.58 bits per heavy atom. The Morgan fingerprint density at radius 2 is 1.88 bits per heavy atom. The van der Waals surface area contributed by atoms with Gasteiger partial charge in [-0.05, 0) is 43.5 Å². The van der Waals surface area contributed by atoms with Crippen molar-refractivity contribution >= 4 is 5.91 Å². The Balaban J connectivity index is 2.01. The van der Waals surface area contributed by atoms with Crippen LogP contribution in [0.2, 0.25) is 0 Å². The lowest BCUT2D eigenvalue weighted by Crippen LogP contribution is -2.32. The first-order valence-corrected chi connectivity index (χ1v) is 8.17. The van der Waals surface area contributed by atoms with Crippen LogP contribution >= 0.6 is 0 Å². The molecule has 0 saturated heterocycles. The lowest BCUT2D eigenvalue weighted by molar-refractivity contribution is -0.123. The number of benzene rings is 2. The Labute approximate surface area is 143 Å². The van der Waals surface area contributed by atoms with E-state index in [1.165, 1.54) is 0 Å². The predicted molar refractivity (Wildman–Crippen MR) is 95.6 cm³/mol. The molecular formula is C20H25NO3. The molecule has 0 bridgehead atoms. The van der Waals surface area contributed by atoms with Gasteiger partial charge in [0, 0.05) is 5.56 Å². The van der Waals surface area contributed by atoms with Crippen LogP contribution in [0.4, 0.5) is 0 Å². The van der Waals surface area contributed by atoms with E-state index in [9.17, 15) is 4.79 Å². The van der Waals surface area contributed by atoms with Gasteiger partial charge in [-0.2, -0.15) is 0 Å². The first-order chi connectivity index (χ1) is 11.5. The molecule has 1 amide bonds. The van der Waals surface area contributed by atoms with Gasteiger partial charge in [0.05, 0.1) is 13.2 Å². The normalized spacial score (nSPS) is 11.7. The number of nitrogens with one attached hydrogen (secondary N) is 1. The number of hydrogen-bond donors (Lipinski definition) is 1. The zero-order valence-electron chi connectivity index (χ0n) is 14.8. The van der Waals surface area contributed by atoms with Crippen molar-refractivity contribution in [2.75, 3.05) is 13.7 Å². The van der Waals surface area contributed by atoms with Crippen molar-refractivity contribution in [3.63, 3.8) is 0 Å². The fourth-order valence-corrected chi connectivity index (χ4v) is 2.60. The fraction of sp³-hybridized carbons (Fsp3) is 0.350. The van der Waals surface area contributed by atoms with Gasteiger partial charge < -0.3 is 14.8 Å². The molecule has 0 radical (unpaired) electrons. The molecular weight excluding hydrogens is 302 g/mol. The van der Waals surface area contributed by atoms with Gasteiger partial charge in [0.15, 0.2) is 6.61 Å². The van der Waals surface area contributed by atoms with Gasteiger partial charge >= 0.3 is 0 Å². The molecule has 4 nitrogen and oxygen atoms in total. The van der Waals surface area contributed by atoms with Crippen LogP contribution in [0.1, 0.15) is 36.1 Å². The Morgan fingerprint density at radius 1 is 1.12 bits per heavy atom. The van der Waals surface area contributed by atoms with Crippen molar-refractivity contribution in [1.82, 2.24) is 5.32 Å². The summed E-state index contributed by atoms with van der Waals surface area (Å²) in [5, 5.41) is 3.02. The molecule has 0 fully saturated rings. The minimum absolute atomic E-state index is 0.00403. The van der Waals surface area contributed by atoms with E-state index in [2.05, 4.69) is 5.32 Å². The highest BCUT2D eigenvalue weighted by atomic mass is 16.5. The van der Waals surface area contributed by atoms with Crippen LogP contribution < -0.4 is 14.8 Å². The van der Waals surface area contributed by atoms with Crippen LogP contribution in [0.3, 0.4) is 0 Å². The molecule has 0 aromatic heterocycles. The molecule has 0 spiro atoms. The molecule has 1 atom stereocenters. The summed E-state index contributed by atoms with van der Waals surface area (Å²) in [7, 11) is 1.64. The average molecular weight is 327 g/mol. The standard InChI is InChI=1S/C20H25NO3/c1-5-17(16-8-6-7-9-18(16)23-4)21-20(22)13-24-19-12-14(2)10-11-15(19)3/h6-12,17H,5,13H2,1-4H3,(H,21,22). The molecule has 0 saturated carbocycles. The first-order valence-electron chi connectivity index (χ1n) is 8.17. The van der Waals surface area contributed by atoms with Crippen LogP contribution in [0.25, 0.3) is 0 Å². The summed E-state index contributed by atoms with van der Waals surface area (Å²) in [5.74, 6) is 1.38. The minimum Gasteiger partial charge on any atom is -0.496 e. The van der Waals surface area contributed by atoms with Gasteiger partial charge in [-0.1, -0.05) is 37.3 Å². The van der Waals surface area contributed by atoms with Crippen molar-refractivity contribution in [2.24, 2.45) is 0 Å². The number of para-hydroxylation sites is 1. The van der Waals surface area contributed by atoms with Gasteiger partial charge in [0.2, 0.25) is 0 Å². The highest BCUT2D eigenvalue weighted by Crippen LogP contribution is 2.26. The van der Waals surface area contributed by atoms with E-state index in [0.717, 1.165) is 34.6 Å². The second-order valence-corrected chi connectivity index (χ2v) is 5.83. The molecule has 0 aliphatic rings. The number of carbonyl (C=O) groups is 1. The summed E-state index contributed by atoms with van der Waals surface area (Å²) in [5.41, 5.74) is 3.10. The van der Waals surface area contributed by atoms with Crippen LogP contribution in [0.5, 0.6) is 11.5 Å². The molecule has 128 valence electrons. The molecule has 2 aromatic carbocycles. The van der Waals surface area contributed by atoms with E-state index in [0.29, 0.717) is 0 Å². The van der Waals surface area contributed by atoms with Gasteiger partial charge in [0.25, 0.3) is 5.91 Å². The monoisotopic (exact) mass is 327 g/mol. The zero-order chi connectivity index (χ0) is 17.5. The number of amides is 1. The summed E-state index contributed by atoms with van der Waals surface area (Å²) >= 11 is 0. The van der Waals surface area contributed by atoms with E-state index < -0.39 is 0 Å². The second-order valence-electron chi connectivity index (χ2n) is 5.83. The van der Waals surface area contributed by atoms with E-state index in [1.54, 1.807) is 7.11 Å². The summed E-state index contributed by atoms with van der Waals surface area (Å²) in [6.45, 7) is 6.00. The van der Waals surface area contributed by atoms with Gasteiger partial charge in [-0.25, -0.2) is 0 Å². The number of rotatable bonds is 7. The Hall–Kier alpha value is -2.49. The number of carbonyl (C=O) groups excluding carboxylic acids is 1. The third-order valence-corrected chi connectivity index (χ3v) is 3.96. The lowest BCUT2D eigenvalue weighted by Gasteiger charge is -2.20. The smallest absolute Gasteiger partial charge is 0.258 e. The maximum Gasteiger partial charge on any atom is 0.258 e. The van der Waals surface area contributed by atoms with Crippen LogP contribution in [-0.4, -0.2) is 19.6 Å². The van der Waals surface area contributed by atoms with Crippen molar-refractivity contribution in [3.05, 3.63) is 59.2 Å². The minimum atomic E-state index is -0.145. The number of ether oxygens (including phenoxy) is 2. The number of hydrogen-bond acceptors (Lipinski definition) is 3. The number of methoxy groups -OCH3 is 1. The Bertz CT molecular complexity index is 697. The first kappa shape index (κ1) is 17.9. The van der Waals surface area contributed by atoms with Crippen molar-refractivity contribution in [1.29, 1.82) is 0 Å². The molecule has 1 N–H and O–H groups in total. The Kier molecular flexibility index (Phi) is 6.24. The second kappa shape index (κ2) is 8.39. The maximum absolute atomic E-state index is 12.3. The quantitative estimate of drug-likeness (QED) is 0.837. The summed E-state index contributed by atoms with van der Waals surface area (Å²) < 4.78 is 11.1. The molecule has 0 heterocycles. The van der Waals surface area contributed by atoms with Crippen LogP contribution in [0, 0.1) is 13.8 Å². The average Bonchev–Trinajstić information content (AvgIpc) is 2.60. The molecule has 2 rings (SSSR count). The predicted octanol–water partition coefficient (Wildman–Crippen LogP) is 3.96. The summed E-state index contributed by atoms with van der Waals surface area (Å²) in [4.78, 5) is 12.3. The molecule has 24 heavy (non-hydrogen) atoms.